The summed E-state index contributed by atoms with van der Waals surface area (Å²) in [7, 11) is 2.01. The number of hydrogen-bond acceptors (Lipinski definition) is 3. The molecule has 1 aliphatic rings. The smallest absolute Gasteiger partial charge is 0.0448 e. The van der Waals surface area contributed by atoms with Crippen molar-refractivity contribution >= 4 is 5.69 Å². The normalized spacial score (nSPS) is 19.3. The second kappa shape index (κ2) is 5.52. The topological polar surface area (TPSA) is 35.5 Å². The van der Waals surface area contributed by atoms with Crippen LogP contribution in [0, 0.1) is 0 Å². The summed E-state index contributed by atoms with van der Waals surface area (Å²) in [5, 5.41) is 12.5. The van der Waals surface area contributed by atoms with Crippen molar-refractivity contribution in [3.8, 4) is 0 Å². The number of nitrogens with one attached hydrogen (secondary N) is 1. The second-order valence-corrected chi connectivity index (χ2v) is 4.83. The number of anilines is 1. The van der Waals surface area contributed by atoms with E-state index in [0.717, 1.165) is 32.4 Å². The number of benzene rings is 1. The molecule has 0 bridgehead atoms. The Morgan fingerprint density at radius 3 is 2.41 bits per heavy atom. The van der Waals surface area contributed by atoms with E-state index >= 15 is 0 Å². The van der Waals surface area contributed by atoms with E-state index in [1.165, 1.54) is 5.69 Å². The zero-order valence-electron chi connectivity index (χ0n) is 10.5. The van der Waals surface area contributed by atoms with Gasteiger partial charge in [-0.05, 0) is 38.4 Å². The molecule has 1 saturated heterocycles. The molecule has 0 unspecified atom stereocenters. The second-order valence-electron chi connectivity index (χ2n) is 4.83. The Bertz CT molecular complexity index is 331. The van der Waals surface area contributed by atoms with Gasteiger partial charge in [0.15, 0.2) is 0 Å². The van der Waals surface area contributed by atoms with Crippen LogP contribution in [0.4, 0.5) is 5.69 Å². The van der Waals surface area contributed by atoms with Crippen molar-refractivity contribution in [2.24, 2.45) is 0 Å². The molecule has 0 radical (unpaired) electrons. The van der Waals surface area contributed by atoms with Crippen LogP contribution >= 0.6 is 0 Å². The van der Waals surface area contributed by atoms with E-state index in [9.17, 15) is 0 Å². The van der Waals surface area contributed by atoms with Crippen molar-refractivity contribution in [2.45, 2.75) is 24.8 Å². The first kappa shape index (κ1) is 12.4. The minimum atomic E-state index is 0.139. The predicted octanol–water partition coefficient (Wildman–Crippen LogP) is 1.63. The number of aliphatic hydroxyl groups excluding tert-OH is 1. The summed E-state index contributed by atoms with van der Waals surface area (Å²) in [4.78, 5) is 2.42. The molecule has 0 aromatic heterocycles. The lowest BCUT2D eigenvalue weighted by Gasteiger charge is -2.42. The lowest BCUT2D eigenvalue weighted by molar-refractivity contribution is 0.188. The maximum atomic E-state index is 9.14. The third kappa shape index (κ3) is 2.79. The molecule has 2 rings (SSSR count). The Morgan fingerprint density at radius 2 is 1.88 bits per heavy atom. The molecule has 0 atom stereocenters. The summed E-state index contributed by atoms with van der Waals surface area (Å²) >= 11 is 0. The van der Waals surface area contributed by atoms with E-state index in [1.54, 1.807) is 0 Å². The van der Waals surface area contributed by atoms with Gasteiger partial charge in [-0.2, -0.15) is 0 Å². The lowest BCUT2D eigenvalue weighted by Crippen LogP contribution is -2.52. The van der Waals surface area contributed by atoms with Crippen LogP contribution in [0.5, 0.6) is 0 Å². The standard InChI is InChI=1S/C14H22N2O/c1-15-14(9-12-17)7-10-16(11-8-14)13-5-3-2-4-6-13/h2-6,15,17H,7-12H2,1H3. The fraction of sp³-hybridized carbons (Fsp3) is 0.571. The van der Waals surface area contributed by atoms with Crippen molar-refractivity contribution in [3.63, 3.8) is 0 Å². The first-order chi connectivity index (χ1) is 8.29. The summed E-state index contributed by atoms with van der Waals surface area (Å²) in [6.07, 6.45) is 3.05. The highest BCUT2D eigenvalue weighted by atomic mass is 16.3. The Balaban J connectivity index is 1.98. The number of piperidine rings is 1. The highest BCUT2D eigenvalue weighted by Crippen LogP contribution is 2.28. The molecule has 3 nitrogen and oxygen atoms in total. The number of para-hydroxylation sites is 1. The highest BCUT2D eigenvalue weighted by molar-refractivity contribution is 5.46. The van der Waals surface area contributed by atoms with E-state index in [-0.39, 0.29) is 12.1 Å². The SMILES string of the molecule is CNC1(CCO)CCN(c2ccccc2)CC1. The van der Waals surface area contributed by atoms with Gasteiger partial charge in [0.1, 0.15) is 0 Å². The van der Waals surface area contributed by atoms with Gasteiger partial charge in [-0.25, -0.2) is 0 Å². The third-order valence-corrected chi connectivity index (χ3v) is 3.96. The molecule has 0 saturated carbocycles. The molecule has 1 heterocycles. The molecule has 0 spiro atoms. The molecule has 1 aromatic carbocycles. The van der Waals surface area contributed by atoms with Gasteiger partial charge in [-0.15, -0.1) is 0 Å². The Morgan fingerprint density at radius 1 is 1.24 bits per heavy atom. The lowest BCUT2D eigenvalue weighted by atomic mass is 9.84. The van der Waals surface area contributed by atoms with Crippen molar-refractivity contribution in [3.05, 3.63) is 30.3 Å². The van der Waals surface area contributed by atoms with E-state index in [0.29, 0.717) is 0 Å². The van der Waals surface area contributed by atoms with Crippen LogP contribution in [0.3, 0.4) is 0 Å². The maximum Gasteiger partial charge on any atom is 0.0448 e. The molecule has 94 valence electrons. The maximum absolute atomic E-state index is 9.14. The summed E-state index contributed by atoms with van der Waals surface area (Å²) < 4.78 is 0. The average molecular weight is 234 g/mol. The molecule has 1 aliphatic heterocycles. The molecule has 3 heteroatoms. The van der Waals surface area contributed by atoms with Gasteiger partial charge < -0.3 is 15.3 Å². The van der Waals surface area contributed by atoms with Crippen LogP contribution in [0.15, 0.2) is 30.3 Å². The van der Waals surface area contributed by atoms with E-state index in [1.807, 2.05) is 7.05 Å². The van der Waals surface area contributed by atoms with Crippen molar-refractivity contribution in [1.82, 2.24) is 5.32 Å². The van der Waals surface area contributed by atoms with E-state index in [4.69, 9.17) is 5.11 Å². The molecule has 0 aliphatic carbocycles. The summed E-state index contributed by atoms with van der Waals surface area (Å²) in [5.41, 5.74) is 1.45. The zero-order valence-corrected chi connectivity index (χ0v) is 10.5. The number of rotatable bonds is 4. The Hall–Kier alpha value is -1.06. The van der Waals surface area contributed by atoms with Gasteiger partial charge in [0.2, 0.25) is 0 Å². The highest BCUT2D eigenvalue weighted by Gasteiger charge is 2.32. The molecular formula is C14H22N2O. The van der Waals surface area contributed by atoms with Gasteiger partial charge in [0, 0.05) is 30.9 Å². The molecule has 1 aromatic rings. The molecule has 0 amide bonds. The summed E-state index contributed by atoms with van der Waals surface area (Å²) in [5.74, 6) is 0. The molecular weight excluding hydrogens is 212 g/mol. The average Bonchev–Trinajstić information content (AvgIpc) is 2.41. The van der Waals surface area contributed by atoms with Crippen LogP contribution in [0.25, 0.3) is 0 Å². The van der Waals surface area contributed by atoms with E-state index in [2.05, 4.69) is 40.5 Å². The van der Waals surface area contributed by atoms with Crippen molar-refractivity contribution < 1.29 is 5.11 Å². The van der Waals surface area contributed by atoms with Gasteiger partial charge in [-0.1, -0.05) is 18.2 Å². The van der Waals surface area contributed by atoms with Gasteiger partial charge in [0.25, 0.3) is 0 Å². The van der Waals surface area contributed by atoms with Gasteiger partial charge >= 0.3 is 0 Å². The van der Waals surface area contributed by atoms with Crippen LogP contribution in [-0.4, -0.2) is 37.4 Å². The molecule has 1 fully saturated rings. The first-order valence-corrected chi connectivity index (χ1v) is 6.39. The van der Waals surface area contributed by atoms with Crippen molar-refractivity contribution in [1.29, 1.82) is 0 Å². The summed E-state index contributed by atoms with van der Waals surface area (Å²) in [6.45, 7) is 2.39. The number of aliphatic hydroxyl groups is 1. The third-order valence-electron chi connectivity index (χ3n) is 3.96. The van der Waals surface area contributed by atoms with Crippen LogP contribution < -0.4 is 10.2 Å². The predicted molar refractivity (Wildman–Crippen MR) is 71.4 cm³/mol. The molecule has 17 heavy (non-hydrogen) atoms. The monoisotopic (exact) mass is 234 g/mol. The minimum Gasteiger partial charge on any atom is -0.396 e. The largest absolute Gasteiger partial charge is 0.396 e. The number of nitrogens with zero attached hydrogens (tertiary/aromatic N) is 1. The first-order valence-electron chi connectivity index (χ1n) is 6.39. The molecule has 2 N–H and O–H groups in total. The fourth-order valence-corrected chi connectivity index (χ4v) is 2.67. The Labute approximate surface area is 103 Å². The van der Waals surface area contributed by atoms with Gasteiger partial charge in [-0.3, -0.25) is 0 Å². The van der Waals surface area contributed by atoms with Crippen LogP contribution in [0.2, 0.25) is 0 Å². The van der Waals surface area contributed by atoms with Gasteiger partial charge in [0.05, 0.1) is 0 Å². The minimum absolute atomic E-state index is 0.139. The summed E-state index contributed by atoms with van der Waals surface area (Å²) in [6, 6.07) is 10.6. The number of hydrogen-bond donors (Lipinski definition) is 2. The quantitative estimate of drug-likeness (QED) is 0.831. The van der Waals surface area contributed by atoms with Crippen LogP contribution in [0.1, 0.15) is 19.3 Å². The van der Waals surface area contributed by atoms with Crippen molar-refractivity contribution in [2.75, 3.05) is 31.6 Å². The van der Waals surface area contributed by atoms with E-state index < -0.39 is 0 Å². The Kier molecular flexibility index (Phi) is 4.02. The zero-order chi connectivity index (χ0) is 12.1. The fourth-order valence-electron chi connectivity index (χ4n) is 2.67. The van der Waals surface area contributed by atoms with Crippen LogP contribution in [-0.2, 0) is 0 Å².